The van der Waals surface area contributed by atoms with Crippen molar-refractivity contribution < 1.29 is 9.84 Å². The highest BCUT2D eigenvalue weighted by atomic mass is 16.5. The lowest BCUT2D eigenvalue weighted by Gasteiger charge is -2.11. The summed E-state index contributed by atoms with van der Waals surface area (Å²) in [5, 5.41) is 9.78. The lowest BCUT2D eigenvalue weighted by Crippen LogP contribution is -2.02. The molecule has 1 N–H and O–H groups in total. The molecule has 0 amide bonds. The van der Waals surface area contributed by atoms with Crippen LogP contribution in [0.2, 0.25) is 0 Å². The van der Waals surface area contributed by atoms with Crippen molar-refractivity contribution >= 4 is 0 Å². The Kier molecular flexibility index (Phi) is 4.85. The van der Waals surface area contributed by atoms with Gasteiger partial charge in [0.1, 0.15) is 17.3 Å². The van der Waals surface area contributed by atoms with E-state index in [1.165, 1.54) is 11.1 Å². The fourth-order valence-corrected chi connectivity index (χ4v) is 2.81. The summed E-state index contributed by atoms with van der Waals surface area (Å²) >= 11 is 0. The summed E-state index contributed by atoms with van der Waals surface area (Å²) in [6.45, 7) is 2.96. The first-order valence-electron chi connectivity index (χ1n) is 8.11. The molecule has 0 aliphatic heterocycles. The van der Waals surface area contributed by atoms with Gasteiger partial charge in [0.15, 0.2) is 0 Å². The first kappa shape index (κ1) is 16.1. The summed E-state index contributed by atoms with van der Waals surface area (Å²) in [5.74, 6) is 1.73. The Hall–Kier alpha value is -2.75. The summed E-state index contributed by atoms with van der Waals surface area (Å²) in [5.41, 5.74) is 3.43. The topological polar surface area (TPSA) is 47.3 Å². The number of nitrogens with zero attached hydrogens (tertiary/aromatic N) is 2. The zero-order valence-corrected chi connectivity index (χ0v) is 14.1. The maximum absolute atomic E-state index is 9.78. The van der Waals surface area contributed by atoms with E-state index in [4.69, 9.17) is 4.74 Å². The Morgan fingerprint density at radius 1 is 1.12 bits per heavy atom. The van der Waals surface area contributed by atoms with Crippen LogP contribution in [-0.2, 0) is 13.0 Å². The Balaban J connectivity index is 1.74. The lowest BCUT2D eigenvalue weighted by molar-refractivity contribution is 0.413. The first-order chi connectivity index (χ1) is 11.7. The van der Waals surface area contributed by atoms with Crippen LogP contribution in [0.1, 0.15) is 17.5 Å². The minimum Gasteiger partial charge on any atom is -0.508 e. The van der Waals surface area contributed by atoms with Crippen molar-refractivity contribution in [3.05, 3.63) is 66.0 Å². The largest absolute Gasteiger partial charge is 0.508 e. The molecule has 0 bridgehead atoms. The van der Waals surface area contributed by atoms with Crippen molar-refractivity contribution in [2.45, 2.75) is 26.3 Å². The molecule has 0 saturated carbocycles. The van der Waals surface area contributed by atoms with Gasteiger partial charge in [-0.25, -0.2) is 4.98 Å². The van der Waals surface area contributed by atoms with Crippen LogP contribution in [0.25, 0.3) is 11.4 Å². The van der Waals surface area contributed by atoms with Crippen LogP contribution in [0.5, 0.6) is 11.5 Å². The van der Waals surface area contributed by atoms with Gasteiger partial charge in [0.2, 0.25) is 0 Å². The van der Waals surface area contributed by atoms with Gasteiger partial charge in [-0.15, -0.1) is 0 Å². The standard InChI is InChI=1S/C20H22N2O2/c1-15-5-7-16(8-6-15)4-3-12-22-13-11-21-20(22)18-14-17(23)9-10-19(18)24-2/h5-11,13-14,23H,3-4,12H2,1-2H3. The molecule has 0 saturated heterocycles. The highest BCUT2D eigenvalue weighted by molar-refractivity contribution is 5.66. The van der Waals surface area contributed by atoms with Gasteiger partial charge >= 0.3 is 0 Å². The monoisotopic (exact) mass is 322 g/mol. The number of ether oxygens (including phenoxy) is 1. The summed E-state index contributed by atoms with van der Waals surface area (Å²) in [4.78, 5) is 4.45. The number of hydrogen-bond donors (Lipinski definition) is 1. The van der Waals surface area contributed by atoms with Gasteiger partial charge in [0, 0.05) is 18.9 Å². The second-order valence-electron chi connectivity index (χ2n) is 5.92. The number of phenolic OH excluding ortho intramolecular Hbond substituents is 1. The molecule has 1 heterocycles. The Morgan fingerprint density at radius 3 is 2.67 bits per heavy atom. The predicted molar refractivity (Wildman–Crippen MR) is 95.4 cm³/mol. The van der Waals surface area contributed by atoms with E-state index in [0.717, 1.165) is 30.8 Å². The molecule has 0 radical (unpaired) electrons. The van der Waals surface area contributed by atoms with E-state index < -0.39 is 0 Å². The van der Waals surface area contributed by atoms with Crippen LogP contribution in [0.4, 0.5) is 0 Å². The zero-order valence-electron chi connectivity index (χ0n) is 14.1. The molecule has 0 unspecified atom stereocenters. The Labute approximate surface area is 142 Å². The Bertz CT molecular complexity index is 807. The molecular formula is C20H22N2O2. The van der Waals surface area contributed by atoms with Gasteiger partial charge in [-0.3, -0.25) is 0 Å². The van der Waals surface area contributed by atoms with E-state index in [1.54, 1.807) is 31.5 Å². The third-order valence-electron chi connectivity index (χ3n) is 4.12. The molecule has 124 valence electrons. The van der Waals surface area contributed by atoms with E-state index in [9.17, 15) is 5.11 Å². The van der Waals surface area contributed by atoms with Crippen LogP contribution < -0.4 is 4.74 Å². The number of aromatic nitrogens is 2. The van der Waals surface area contributed by atoms with Crippen molar-refractivity contribution in [2.75, 3.05) is 7.11 Å². The van der Waals surface area contributed by atoms with E-state index in [0.29, 0.717) is 5.75 Å². The molecule has 2 aromatic carbocycles. The van der Waals surface area contributed by atoms with E-state index in [2.05, 4.69) is 40.7 Å². The summed E-state index contributed by atoms with van der Waals surface area (Å²) < 4.78 is 7.50. The minimum atomic E-state index is 0.208. The molecule has 0 aliphatic rings. The fraction of sp³-hybridized carbons (Fsp3) is 0.250. The van der Waals surface area contributed by atoms with Gasteiger partial charge in [-0.1, -0.05) is 29.8 Å². The number of rotatable bonds is 6. The maximum atomic E-state index is 9.78. The number of methoxy groups -OCH3 is 1. The second kappa shape index (κ2) is 7.21. The first-order valence-corrected chi connectivity index (χ1v) is 8.11. The quantitative estimate of drug-likeness (QED) is 0.739. The highest BCUT2D eigenvalue weighted by Crippen LogP contribution is 2.32. The highest BCUT2D eigenvalue weighted by Gasteiger charge is 2.12. The van der Waals surface area contributed by atoms with Crippen molar-refractivity contribution in [3.8, 4) is 22.9 Å². The third kappa shape index (κ3) is 3.59. The molecule has 1 aromatic heterocycles. The Morgan fingerprint density at radius 2 is 1.92 bits per heavy atom. The molecule has 3 aromatic rings. The van der Waals surface area contributed by atoms with Crippen LogP contribution >= 0.6 is 0 Å². The maximum Gasteiger partial charge on any atom is 0.143 e. The van der Waals surface area contributed by atoms with Gasteiger partial charge in [-0.05, 0) is 43.5 Å². The molecule has 0 aliphatic carbocycles. The molecule has 24 heavy (non-hydrogen) atoms. The zero-order chi connectivity index (χ0) is 16.9. The number of benzene rings is 2. The number of phenols is 1. The van der Waals surface area contributed by atoms with Crippen molar-refractivity contribution in [1.82, 2.24) is 9.55 Å². The summed E-state index contributed by atoms with van der Waals surface area (Å²) in [7, 11) is 1.63. The smallest absolute Gasteiger partial charge is 0.143 e. The van der Waals surface area contributed by atoms with Crippen molar-refractivity contribution in [1.29, 1.82) is 0 Å². The third-order valence-corrected chi connectivity index (χ3v) is 4.12. The van der Waals surface area contributed by atoms with E-state index >= 15 is 0 Å². The molecule has 4 nitrogen and oxygen atoms in total. The van der Waals surface area contributed by atoms with Gasteiger partial charge in [0.25, 0.3) is 0 Å². The van der Waals surface area contributed by atoms with Crippen LogP contribution in [-0.4, -0.2) is 21.8 Å². The number of hydrogen-bond acceptors (Lipinski definition) is 3. The summed E-state index contributed by atoms with van der Waals surface area (Å²) in [6, 6.07) is 13.7. The number of aryl methyl sites for hydroxylation is 3. The lowest BCUT2D eigenvalue weighted by atomic mass is 10.1. The van der Waals surface area contributed by atoms with Gasteiger partial charge in [0.05, 0.1) is 12.7 Å². The SMILES string of the molecule is COc1ccc(O)cc1-c1nccn1CCCc1ccc(C)cc1. The van der Waals surface area contributed by atoms with Gasteiger partial charge < -0.3 is 14.4 Å². The van der Waals surface area contributed by atoms with Gasteiger partial charge in [-0.2, -0.15) is 0 Å². The molecular weight excluding hydrogens is 300 g/mol. The molecule has 0 spiro atoms. The average molecular weight is 322 g/mol. The minimum absolute atomic E-state index is 0.208. The van der Waals surface area contributed by atoms with Crippen molar-refractivity contribution in [2.24, 2.45) is 0 Å². The second-order valence-corrected chi connectivity index (χ2v) is 5.92. The molecule has 3 rings (SSSR count). The molecule has 0 fully saturated rings. The van der Waals surface area contributed by atoms with Crippen LogP contribution in [0.15, 0.2) is 54.9 Å². The molecule has 0 atom stereocenters. The predicted octanol–water partition coefficient (Wildman–Crippen LogP) is 4.21. The molecule has 4 heteroatoms. The number of aromatic hydroxyl groups is 1. The normalized spacial score (nSPS) is 10.8. The van der Waals surface area contributed by atoms with E-state index in [-0.39, 0.29) is 5.75 Å². The van der Waals surface area contributed by atoms with Crippen molar-refractivity contribution in [3.63, 3.8) is 0 Å². The van der Waals surface area contributed by atoms with Crippen LogP contribution in [0, 0.1) is 6.92 Å². The average Bonchev–Trinajstić information content (AvgIpc) is 3.05. The van der Waals surface area contributed by atoms with E-state index in [1.807, 2.05) is 6.20 Å². The fourth-order valence-electron chi connectivity index (χ4n) is 2.81. The number of imidazole rings is 1. The van der Waals surface area contributed by atoms with Crippen LogP contribution in [0.3, 0.4) is 0 Å². The summed E-state index contributed by atoms with van der Waals surface area (Å²) in [6.07, 6.45) is 5.79.